The van der Waals surface area contributed by atoms with Crippen LogP contribution in [0.1, 0.15) is 17.9 Å². The van der Waals surface area contributed by atoms with Crippen LogP contribution in [-0.4, -0.2) is 40.6 Å². The predicted molar refractivity (Wildman–Crippen MR) is 96.1 cm³/mol. The van der Waals surface area contributed by atoms with Crippen molar-refractivity contribution in [1.82, 2.24) is 15.0 Å². The van der Waals surface area contributed by atoms with Gasteiger partial charge in [0.15, 0.2) is 0 Å². The molecule has 0 aliphatic carbocycles. The fourth-order valence-electron chi connectivity index (χ4n) is 2.66. The van der Waals surface area contributed by atoms with Gasteiger partial charge >= 0.3 is 0 Å². The number of carbonyl (C=O) groups is 1. The highest BCUT2D eigenvalue weighted by Crippen LogP contribution is 2.16. The van der Waals surface area contributed by atoms with E-state index in [0.29, 0.717) is 44.2 Å². The van der Waals surface area contributed by atoms with Gasteiger partial charge < -0.3 is 19.6 Å². The zero-order valence-electron chi connectivity index (χ0n) is 14.5. The van der Waals surface area contributed by atoms with E-state index in [-0.39, 0.29) is 5.91 Å². The Hall–Kier alpha value is -2.93. The Labute approximate surface area is 151 Å². The van der Waals surface area contributed by atoms with Crippen molar-refractivity contribution in [2.24, 2.45) is 5.73 Å². The first-order chi connectivity index (χ1) is 12.8. The lowest BCUT2D eigenvalue weighted by Crippen LogP contribution is -2.37. The summed E-state index contributed by atoms with van der Waals surface area (Å²) in [6.45, 7) is 1.62. The zero-order chi connectivity index (χ0) is 18.2. The second-order valence-electron chi connectivity index (χ2n) is 5.93. The van der Waals surface area contributed by atoms with Crippen LogP contribution in [-0.2, 0) is 17.6 Å². The molecule has 26 heavy (non-hydrogen) atoms. The van der Waals surface area contributed by atoms with E-state index in [1.807, 2.05) is 18.2 Å². The number of aryl methyl sites for hydroxylation is 1. The van der Waals surface area contributed by atoms with Crippen LogP contribution in [0.2, 0.25) is 0 Å². The van der Waals surface area contributed by atoms with Crippen molar-refractivity contribution < 1.29 is 13.7 Å². The fourth-order valence-corrected chi connectivity index (χ4v) is 2.66. The van der Waals surface area contributed by atoms with Crippen molar-refractivity contribution in [2.45, 2.75) is 19.3 Å². The van der Waals surface area contributed by atoms with Crippen LogP contribution in [0.3, 0.4) is 0 Å². The number of hydrogen-bond donors (Lipinski definition) is 1. The molecule has 3 aromatic rings. The van der Waals surface area contributed by atoms with E-state index in [2.05, 4.69) is 22.3 Å². The van der Waals surface area contributed by atoms with Gasteiger partial charge in [0.2, 0.25) is 17.6 Å². The van der Waals surface area contributed by atoms with Crippen molar-refractivity contribution in [1.29, 1.82) is 0 Å². The second kappa shape index (κ2) is 8.96. The van der Waals surface area contributed by atoms with Crippen LogP contribution in [0.25, 0.3) is 11.4 Å². The zero-order valence-corrected chi connectivity index (χ0v) is 14.5. The first kappa shape index (κ1) is 17.9. The fraction of sp³-hybridized carbons (Fsp3) is 0.316. The van der Waals surface area contributed by atoms with E-state index in [1.165, 1.54) is 5.56 Å². The molecule has 7 nitrogen and oxygen atoms in total. The number of nitrogens with two attached hydrogens (primary N) is 1. The number of benzene rings is 1. The molecule has 0 bridgehead atoms. The van der Waals surface area contributed by atoms with E-state index in [1.54, 1.807) is 23.5 Å². The van der Waals surface area contributed by atoms with Gasteiger partial charge in [-0.25, -0.2) is 0 Å². The van der Waals surface area contributed by atoms with Gasteiger partial charge in [-0.1, -0.05) is 35.5 Å². The minimum Gasteiger partial charge on any atom is -0.472 e. The third-order valence-electron chi connectivity index (χ3n) is 4.07. The van der Waals surface area contributed by atoms with Crippen molar-refractivity contribution in [3.05, 3.63) is 60.4 Å². The lowest BCUT2D eigenvalue weighted by molar-refractivity contribution is -0.131. The monoisotopic (exact) mass is 354 g/mol. The van der Waals surface area contributed by atoms with Crippen LogP contribution in [0.5, 0.6) is 0 Å². The highest BCUT2D eigenvalue weighted by Gasteiger charge is 2.16. The molecule has 2 heterocycles. The molecular weight excluding hydrogens is 332 g/mol. The van der Waals surface area contributed by atoms with E-state index < -0.39 is 0 Å². The van der Waals surface area contributed by atoms with Gasteiger partial charge in [0, 0.05) is 32.5 Å². The van der Waals surface area contributed by atoms with Gasteiger partial charge in [0.05, 0.1) is 11.8 Å². The molecule has 0 spiro atoms. The third-order valence-corrected chi connectivity index (χ3v) is 4.07. The Bertz CT molecular complexity index is 799. The van der Waals surface area contributed by atoms with E-state index in [9.17, 15) is 4.79 Å². The molecule has 2 aromatic heterocycles. The Morgan fingerprint density at radius 2 is 1.96 bits per heavy atom. The van der Waals surface area contributed by atoms with Crippen LogP contribution in [0, 0.1) is 0 Å². The molecule has 0 aliphatic heterocycles. The summed E-state index contributed by atoms with van der Waals surface area (Å²) in [4.78, 5) is 18.6. The molecule has 0 saturated heterocycles. The van der Waals surface area contributed by atoms with Crippen molar-refractivity contribution in [3.63, 3.8) is 0 Å². The summed E-state index contributed by atoms with van der Waals surface area (Å²) in [6.07, 6.45) is 4.61. The molecule has 3 rings (SSSR count). The molecule has 0 atom stereocenters. The minimum absolute atomic E-state index is 0.0365. The van der Waals surface area contributed by atoms with Crippen LogP contribution in [0.4, 0.5) is 0 Å². The molecule has 136 valence electrons. The molecule has 1 aromatic carbocycles. The van der Waals surface area contributed by atoms with Crippen molar-refractivity contribution in [2.75, 3.05) is 19.6 Å². The number of carbonyl (C=O) groups excluding carboxylic acids is 1. The number of hydrogen-bond acceptors (Lipinski definition) is 6. The molecule has 2 N–H and O–H groups in total. The molecule has 0 aliphatic rings. The standard InChI is InChI=1S/C19H22N4O3/c20-10-12-23(11-8-15-4-2-1-3-5-15)18(24)7-6-17-21-19(22-26-17)16-9-13-25-14-16/h1-5,9,13-14H,6-8,10-12,20H2. The molecule has 0 radical (unpaired) electrons. The maximum Gasteiger partial charge on any atom is 0.227 e. The molecule has 1 amide bonds. The lowest BCUT2D eigenvalue weighted by Gasteiger charge is -2.22. The number of nitrogens with zero attached hydrogens (tertiary/aromatic N) is 3. The highest BCUT2D eigenvalue weighted by atomic mass is 16.5. The van der Waals surface area contributed by atoms with Crippen LogP contribution >= 0.6 is 0 Å². The first-order valence-electron chi connectivity index (χ1n) is 8.63. The molecule has 0 saturated carbocycles. The van der Waals surface area contributed by atoms with Crippen molar-refractivity contribution >= 4 is 5.91 Å². The number of furan rings is 1. The molecular formula is C19H22N4O3. The second-order valence-corrected chi connectivity index (χ2v) is 5.93. The Kier molecular flexibility index (Phi) is 6.16. The summed E-state index contributed by atoms with van der Waals surface area (Å²) in [6, 6.07) is 11.8. The average molecular weight is 354 g/mol. The van der Waals surface area contributed by atoms with E-state index in [4.69, 9.17) is 14.7 Å². The summed E-state index contributed by atoms with van der Waals surface area (Å²) < 4.78 is 10.2. The van der Waals surface area contributed by atoms with Gasteiger partial charge in [-0.3, -0.25) is 4.79 Å². The first-order valence-corrected chi connectivity index (χ1v) is 8.63. The van der Waals surface area contributed by atoms with Gasteiger partial charge in [0.1, 0.15) is 6.26 Å². The Morgan fingerprint density at radius 1 is 1.12 bits per heavy atom. The smallest absolute Gasteiger partial charge is 0.227 e. The van der Waals surface area contributed by atoms with Crippen LogP contribution < -0.4 is 5.73 Å². The number of aromatic nitrogens is 2. The Balaban J connectivity index is 1.52. The largest absolute Gasteiger partial charge is 0.472 e. The van der Waals surface area contributed by atoms with Gasteiger partial charge in [0.25, 0.3) is 0 Å². The van der Waals surface area contributed by atoms with Crippen LogP contribution in [0.15, 0.2) is 57.9 Å². The number of amides is 1. The minimum atomic E-state index is 0.0365. The molecule has 7 heteroatoms. The number of rotatable bonds is 9. The van der Waals surface area contributed by atoms with E-state index >= 15 is 0 Å². The summed E-state index contributed by atoms with van der Waals surface area (Å²) in [5.41, 5.74) is 7.60. The van der Waals surface area contributed by atoms with Gasteiger partial charge in [-0.2, -0.15) is 4.98 Å². The summed E-state index contributed by atoms with van der Waals surface area (Å²) in [5, 5.41) is 3.90. The average Bonchev–Trinajstić information content (AvgIpc) is 3.35. The van der Waals surface area contributed by atoms with Gasteiger partial charge in [-0.15, -0.1) is 0 Å². The summed E-state index contributed by atoms with van der Waals surface area (Å²) in [7, 11) is 0. The highest BCUT2D eigenvalue weighted by molar-refractivity contribution is 5.76. The predicted octanol–water partition coefficient (Wildman–Crippen LogP) is 2.29. The quantitative estimate of drug-likeness (QED) is 0.633. The maximum absolute atomic E-state index is 12.5. The third kappa shape index (κ3) is 4.80. The Morgan fingerprint density at radius 3 is 2.69 bits per heavy atom. The molecule has 0 unspecified atom stereocenters. The SMILES string of the molecule is NCCN(CCc1ccccc1)C(=O)CCc1nc(-c2ccoc2)no1. The summed E-state index contributed by atoms with van der Waals surface area (Å²) in [5.74, 6) is 0.934. The molecule has 0 fully saturated rings. The lowest BCUT2D eigenvalue weighted by atomic mass is 10.1. The topological polar surface area (TPSA) is 98.4 Å². The van der Waals surface area contributed by atoms with Crippen molar-refractivity contribution in [3.8, 4) is 11.4 Å². The van der Waals surface area contributed by atoms with Gasteiger partial charge in [-0.05, 0) is 18.1 Å². The summed E-state index contributed by atoms with van der Waals surface area (Å²) >= 11 is 0. The maximum atomic E-state index is 12.5. The normalized spacial score (nSPS) is 10.8. The van der Waals surface area contributed by atoms with E-state index in [0.717, 1.165) is 12.0 Å².